The quantitative estimate of drug-likeness (QED) is 0.561. The van der Waals surface area contributed by atoms with Gasteiger partial charge in [0, 0.05) is 34.8 Å². The zero-order valence-corrected chi connectivity index (χ0v) is 18.9. The SMILES string of the molecule is CC(=O)ON1Cc2cc(Br)ccc2N(Cc2cnc[nH]2)CC1Cc1cccc(Cl)c1. The van der Waals surface area contributed by atoms with E-state index in [-0.39, 0.29) is 12.0 Å². The highest BCUT2D eigenvalue weighted by molar-refractivity contribution is 9.10. The van der Waals surface area contributed by atoms with Crippen LogP contribution in [0.25, 0.3) is 0 Å². The number of carbonyl (C=O) groups excluding carboxylic acids is 1. The molecule has 1 atom stereocenters. The predicted molar refractivity (Wildman–Crippen MR) is 120 cm³/mol. The Morgan fingerprint density at radius 3 is 2.93 bits per heavy atom. The molecule has 2 heterocycles. The average Bonchev–Trinajstić information content (AvgIpc) is 3.15. The van der Waals surface area contributed by atoms with Gasteiger partial charge in [0.25, 0.3) is 0 Å². The second-order valence-electron chi connectivity index (χ2n) is 7.38. The van der Waals surface area contributed by atoms with Crippen molar-refractivity contribution in [1.29, 1.82) is 0 Å². The number of imidazole rings is 1. The number of carbonyl (C=O) groups is 1. The van der Waals surface area contributed by atoms with E-state index in [2.05, 4.69) is 42.9 Å². The zero-order valence-electron chi connectivity index (χ0n) is 16.5. The minimum absolute atomic E-state index is 0.0542. The first-order chi connectivity index (χ1) is 14.5. The predicted octanol–water partition coefficient (Wildman–Crippen LogP) is 4.74. The van der Waals surface area contributed by atoms with Gasteiger partial charge in [-0.3, -0.25) is 4.79 Å². The monoisotopic (exact) mass is 488 g/mol. The van der Waals surface area contributed by atoms with E-state index in [1.165, 1.54) is 6.92 Å². The highest BCUT2D eigenvalue weighted by atomic mass is 79.9. The molecular formula is C22H22BrClN4O2. The van der Waals surface area contributed by atoms with Gasteiger partial charge in [-0.1, -0.05) is 39.7 Å². The Kier molecular flexibility index (Phi) is 6.41. The van der Waals surface area contributed by atoms with Crippen LogP contribution in [0.4, 0.5) is 5.69 Å². The van der Waals surface area contributed by atoms with Crippen molar-refractivity contribution in [3.05, 3.63) is 81.3 Å². The van der Waals surface area contributed by atoms with Crippen LogP contribution >= 0.6 is 27.5 Å². The van der Waals surface area contributed by atoms with Crippen molar-refractivity contribution < 1.29 is 9.63 Å². The van der Waals surface area contributed by atoms with E-state index >= 15 is 0 Å². The largest absolute Gasteiger partial charge is 0.368 e. The molecule has 0 fully saturated rings. The first kappa shape index (κ1) is 20.9. The lowest BCUT2D eigenvalue weighted by atomic mass is 10.1. The van der Waals surface area contributed by atoms with Crippen LogP contribution < -0.4 is 4.90 Å². The van der Waals surface area contributed by atoms with Crippen LogP contribution in [0.3, 0.4) is 0 Å². The third-order valence-electron chi connectivity index (χ3n) is 5.07. The van der Waals surface area contributed by atoms with Gasteiger partial charge in [0.2, 0.25) is 0 Å². The number of hydrogen-bond acceptors (Lipinski definition) is 5. The maximum atomic E-state index is 11.9. The van der Waals surface area contributed by atoms with E-state index in [4.69, 9.17) is 16.4 Å². The van der Waals surface area contributed by atoms with Crippen molar-refractivity contribution in [3.8, 4) is 0 Å². The number of nitrogens with zero attached hydrogens (tertiary/aromatic N) is 3. The topological polar surface area (TPSA) is 61.5 Å². The van der Waals surface area contributed by atoms with Crippen LogP contribution in [-0.4, -0.2) is 33.6 Å². The van der Waals surface area contributed by atoms with E-state index in [9.17, 15) is 4.79 Å². The van der Waals surface area contributed by atoms with Gasteiger partial charge in [-0.05, 0) is 47.9 Å². The number of nitrogens with one attached hydrogen (secondary N) is 1. The van der Waals surface area contributed by atoms with Crippen molar-refractivity contribution >= 4 is 39.2 Å². The van der Waals surface area contributed by atoms with Gasteiger partial charge in [0.05, 0.1) is 31.2 Å². The lowest BCUT2D eigenvalue weighted by molar-refractivity contribution is -0.202. The highest BCUT2D eigenvalue weighted by Crippen LogP contribution is 2.32. The van der Waals surface area contributed by atoms with Gasteiger partial charge < -0.3 is 14.7 Å². The maximum Gasteiger partial charge on any atom is 0.322 e. The minimum atomic E-state index is -0.329. The molecule has 0 amide bonds. The molecule has 3 aromatic rings. The summed E-state index contributed by atoms with van der Waals surface area (Å²) in [6.45, 7) is 3.28. The molecular weight excluding hydrogens is 468 g/mol. The third kappa shape index (κ3) is 5.03. The van der Waals surface area contributed by atoms with E-state index < -0.39 is 0 Å². The second-order valence-corrected chi connectivity index (χ2v) is 8.73. The fourth-order valence-electron chi connectivity index (χ4n) is 3.83. The Labute approximate surface area is 188 Å². The van der Waals surface area contributed by atoms with Gasteiger partial charge in [-0.2, -0.15) is 0 Å². The standard InChI is InChI=1S/C22H22BrClN4O2/c1-15(29)30-28-11-17-9-18(23)5-6-22(17)27(12-20-10-25-14-26-20)13-21(28)8-16-3-2-4-19(24)7-16/h2-7,9-10,14,21H,8,11-13H2,1H3,(H,25,26). The molecule has 1 aliphatic rings. The summed E-state index contributed by atoms with van der Waals surface area (Å²) in [5.74, 6) is -0.329. The lowest BCUT2D eigenvalue weighted by Gasteiger charge is -2.31. The first-order valence-corrected chi connectivity index (χ1v) is 10.9. The number of rotatable bonds is 5. The minimum Gasteiger partial charge on any atom is -0.368 e. The fourth-order valence-corrected chi connectivity index (χ4v) is 4.45. The molecule has 1 aliphatic heterocycles. The van der Waals surface area contributed by atoms with Gasteiger partial charge >= 0.3 is 5.97 Å². The van der Waals surface area contributed by atoms with Crippen molar-refractivity contribution in [2.75, 3.05) is 11.4 Å². The molecule has 1 N–H and O–H groups in total. The van der Waals surface area contributed by atoms with Crippen molar-refractivity contribution in [3.63, 3.8) is 0 Å². The van der Waals surface area contributed by atoms with Crippen molar-refractivity contribution in [1.82, 2.24) is 15.0 Å². The van der Waals surface area contributed by atoms with Gasteiger partial charge in [0.1, 0.15) is 0 Å². The number of hydroxylamine groups is 2. The number of aromatic amines is 1. The highest BCUT2D eigenvalue weighted by Gasteiger charge is 2.30. The molecule has 1 unspecified atom stereocenters. The summed E-state index contributed by atoms with van der Waals surface area (Å²) >= 11 is 9.77. The average molecular weight is 490 g/mol. The normalized spacial score (nSPS) is 16.8. The summed E-state index contributed by atoms with van der Waals surface area (Å²) < 4.78 is 0.985. The fraction of sp³-hybridized carbons (Fsp3) is 0.273. The summed E-state index contributed by atoms with van der Waals surface area (Å²) in [7, 11) is 0. The van der Waals surface area contributed by atoms with Crippen molar-refractivity contribution in [2.24, 2.45) is 0 Å². The van der Waals surface area contributed by atoms with E-state index in [1.54, 1.807) is 11.4 Å². The Bertz CT molecular complexity index is 1030. The number of anilines is 1. The van der Waals surface area contributed by atoms with Gasteiger partial charge in [0.15, 0.2) is 0 Å². The molecule has 0 spiro atoms. The molecule has 0 radical (unpaired) electrons. The molecule has 0 saturated carbocycles. The van der Waals surface area contributed by atoms with Gasteiger partial charge in [-0.15, -0.1) is 5.06 Å². The van der Waals surface area contributed by atoms with Crippen LogP contribution in [0.2, 0.25) is 5.02 Å². The lowest BCUT2D eigenvalue weighted by Crippen LogP contribution is -2.43. The molecule has 4 rings (SSSR count). The maximum absolute atomic E-state index is 11.9. The van der Waals surface area contributed by atoms with E-state index in [0.717, 1.165) is 27.0 Å². The number of aromatic nitrogens is 2. The molecule has 2 aromatic carbocycles. The third-order valence-corrected chi connectivity index (χ3v) is 5.80. The number of hydrogen-bond donors (Lipinski definition) is 1. The number of H-pyrrole nitrogens is 1. The van der Waals surface area contributed by atoms with Crippen molar-refractivity contribution in [2.45, 2.75) is 32.5 Å². The van der Waals surface area contributed by atoms with Crippen LogP contribution in [-0.2, 0) is 29.1 Å². The number of benzene rings is 2. The zero-order chi connectivity index (χ0) is 21.1. The van der Waals surface area contributed by atoms with Crippen LogP contribution in [0, 0.1) is 0 Å². The Hall–Kier alpha value is -2.35. The van der Waals surface area contributed by atoms with Crippen LogP contribution in [0.5, 0.6) is 0 Å². The molecule has 6 nitrogen and oxygen atoms in total. The van der Waals surface area contributed by atoms with E-state index in [1.807, 2.05) is 36.5 Å². The Morgan fingerprint density at radius 1 is 1.33 bits per heavy atom. The van der Waals surface area contributed by atoms with Crippen LogP contribution in [0.15, 0.2) is 59.5 Å². The molecule has 1 aromatic heterocycles. The van der Waals surface area contributed by atoms with E-state index in [0.29, 0.717) is 31.1 Å². The summed E-state index contributed by atoms with van der Waals surface area (Å²) in [5.41, 5.74) is 4.31. The summed E-state index contributed by atoms with van der Waals surface area (Å²) in [6.07, 6.45) is 4.21. The molecule has 30 heavy (non-hydrogen) atoms. The molecule has 0 saturated heterocycles. The number of halogens is 2. The second kappa shape index (κ2) is 9.20. The molecule has 8 heteroatoms. The smallest absolute Gasteiger partial charge is 0.322 e. The van der Waals surface area contributed by atoms with Gasteiger partial charge in [-0.25, -0.2) is 4.98 Å². The summed E-state index contributed by atoms with van der Waals surface area (Å²) in [5, 5.41) is 2.49. The molecule has 0 bridgehead atoms. The molecule has 0 aliphatic carbocycles. The Morgan fingerprint density at radius 2 is 2.20 bits per heavy atom. The molecule has 156 valence electrons. The van der Waals surface area contributed by atoms with Crippen LogP contribution in [0.1, 0.15) is 23.7 Å². The first-order valence-electron chi connectivity index (χ1n) is 9.68. The summed E-state index contributed by atoms with van der Waals surface area (Å²) in [4.78, 5) is 27.2. The summed E-state index contributed by atoms with van der Waals surface area (Å²) in [6, 6.07) is 14.0. The number of fused-ring (bicyclic) bond motifs is 1. The Balaban J connectivity index is 1.70.